The summed E-state index contributed by atoms with van der Waals surface area (Å²) in [6.07, 6.45) is 0.694. The van der Waals surface area contributed by atoms with Crippen LogP contribution in [-0.4, -0.2) is 42.7 Å². The van der Waals surface area contributed by atoms with Crippen LogP contribution < -0.4 is 10.1 Å². The van der Waals surface area contributed by atoms with Gasteiger partial charge in [0.1, 0.15) is 16.8 Å². The summed E-state index contributed by atoms with van der Waals surface area (Å²) in [5, 5.41) is 2.02. The largest absolute Gasteiger partial charge is 0.496 e. The highest BCUT2D eigenvalue weighted by Gasteiger charge is 2.21. The number of ether oxygens (including phenoxy) is 2. The second kappa shape index (κ2) is 9.53. The van der Waals surface area contributed by atoms with Gasteiger partial charge < -0.3 is 14.8 Å². The van der Waals surface area contributed by atoms with Crippen molar-refractivity contribution in [3.05, 3.63) is 29.6 Å². The molecule has 0 aromatic heterocycles. The Morgan fingerprint density at radius 1 is 1.41 bits per heavy atom. The number of amides is 1. The molecule has 1 amide bonds. The quantitative estimate of drug-likeness (QED) is 0.699. The van der Waals surface area contributed by atoms with E-state index >= 15 is 0 Å². The van der Waals surface area contributed by atoms with Gasteiger partial charge in [-0.1, -0.05) is 0 Å². The maximum atomic E-state index is 13.3. The zero-order valence-corrected chi connectivity index (χ0v) is 13.9. The molecule has 22 heavy (non-hydrogen) atoms. The molecule has 1 aromatic carbocycles. The topological polar surface area (TPSA) is 64.6 Å². The molecule has 0 fully saturated rings. The van der Waals surface area contributed by atoms with Crippen molar-refractivity contribution in [2.75, 3.05) is 27.4 Å². The maximum Gasteiger partial charge on any atom is 0.235 e. The van der Waals surface area contributed by atoms with Crippen LogP contribution in [0.4, 0.5) is 4.39 Å². The Morgan fingerprint density at radius 3 is 2.77 bits per heavy atom. The molecule has 1 N–H and O–H groups in total. The van der Waals surface area contributed by atoms with Gasteiger partial charge in [-0.25, -0.2) is 4.39 Å². The third-order valence-corrected chi connectivity index (χ3v) is 4.73. The van der Waals surface area contributed by atoms with Gasteiger partial charge in [0.25, 0.3) is 0 Å². The first-order valence-electron chi connectivity index (χ1n) is 6.95. The maximum absolute atomic E-state index is 13.3. The van der Waals surface area contributed by atoms with Crippen LogP contribution in [-0.2, 0) is 26.1 Å². The average molecular weight is 331 g/mol. The number of nitrogens with one attached hydrogen (secondary N) is 1. The lowest BCUT2D eigenvalue weighted by molar-refractivity contribution is -0.120. The van der Waals surface area contributed by atoms with Crippen molar-refractivity contribution in [1.29, 1.82) is 0 Å². The highest BCUT2D eigenvalue weighted by atomic mass is 32.2. The molecule has 0 aliphatic rings. The van der Waals surface area contributed by atoms with Crippen molar-refractivity contribution in [3.63, 3.8) is 0 Å². The number of carbonyl (C=O) groups excluding carboxylic acids is 1. The fourth-order valence-electron chi connectivity index (χ4n) is 1.83. The standard InChI is InChI=1S/C15H22FNO4S/c1-11(15(18)17-7-4-8-20-2)22(19)10-12-9-13(16)5-6-14(12)21-3/h5-6,9,11H,4,7-8,10H2,1-3H3,(H,17,18)/t11-,22-/m1/s1. The molecule has 7 heteroatoms. The lowest BCUT2D eigenvalue weighted by atomic mass is 10.2. The van der Waals surface area contributed by atoms with E-state index < -0.39 is 21.9 Å². The minimum atomic E-state index is -1.46. The first-order valence-corrected chi connectivity index (χ1v) is 8.34. The van der Waals surface area contributed by atoms with Crippen molar-refractivity contribution in [2.24, 2.45) is 0 Å². The van der Waals surface area contributed by atoms with Crippen LogP contribution in [0.1, 0.15) is 18.9 Å². The summed E-state index contributed by atoms with van der Waals surface area (Å²) < 4.78 is 35.6. The minimum Gasteiger partial charge on any atom is -0.496 e. The zero-order chi connectivity index (χ0) is 16.5. The monoisotopic (exact) mass is 331 g/mol. The summed E-state index contributed by atoms with van der Waals surface area (Å²) in [5.74, 6) is -0.190. The number of methoxy groups -OCH3 is 2. The first-order chi connectivity index (χ1) is 10.5. The van der Waals surface area contributed by atoms with Gasteiger partial charge in [0, 0.05) is 36.6 Å². The van der Waals surface area contributed by atoms with E-state index in [1.807, 2.05) is 0 Å². The predicted octanol–water partition coefficient (Wildman–Crippen LogP) is 1.62. The van der Waals surface area contributed by atoms with Gasteiger partial charge >= 0.3 is 0 Å². The van der Waals surface area contributed by atoms with Crippen molar-refractivity contribution >= 4 is 16.7 Å². The van der Waals surface area contributed by atoms with Crippen molar-refractivity contribution in [1.82, 2.24) is 5.32 Å². The molecule has 0 spiro atoms. The predicted molar refractivity (Wildman–Crippen MR) is 83.8 cm³/mol. The molecule has 2 atom stereocenters. The van der Waals surface area contributed by atoms with Crippen molar-refractivity contribution < 1.29 is 22.9 Å². The fraction of sp³-hybridized carbons (Fsp3) is 0.533. The molecule has 0 heterocycles. The van der Waals surface area contributed by atoms with Crippen molar-refractivity contribution in [3.8, 4) is 5.75 Å². The van der Waals surface area contributed by atoms with Crippen LogP contribution in [0.5, 0.6) is 5.75 Å². The number of benzene rings is 1. The van der Waals surface area contributed by atoms with Crippen LogP contribution in [0.15, 0.2) is 18.2 Å². The third kappa shape index (κ3) is 5.73. The number of halogens is 1. The molecule has 1 rings (SSSR count). The second-order valence-corrected chi connectivity index (χ2v) is 6.52. The molecule has 0 unspecified atom stereocenters. The average Bonchev–Trinajstić information content (AvgIpc) is 2.50. The molecular formula is C15H22FNO4S. The molecule has 1 aromatic rings. The van der Waals surface area contributed by atoms with Gasteiger partial charge in [0.2, 0.25) is 5.91 Å². The van der Waals surface area contributed by atoms with Crippen LogP contribution >= 0.6 is 0 Å². The summed E-state index contributed by atoms with van der Waals surface area (Å²) in [6.45, 7) is 2.61. The Bertz CT molecular complexity index is 524. The van der Waals surface area contributed by atoms with Crippen LogP contribution in [0.25, 0.3) is 0 Å². The molecule has 0 aliphatic carbocycles. The van der Waals surface area contributed by atoms with E-state index in [9.17, 15) is 13.4 Å². The molecule has 0 saturated heterocycles. The third-order valence-electron chi connectivity index (χ3n) is 3.13. The lowest BCUT2D eigenvalue weighted by Gasteiger charge is -2.13. The number of rotatable bonds is 9. The van der Waals surface area contributed by atoms with E-state index in [0.29, 0.717) is 30.9 Å². The molecule has 0 radical (unpaired) electrons. The van der Waals surface area contributed by atoms with Crippen LogP contribution in [0, 0.1) is 5.82 Å². The summed E-state index contributed by atoms with van der Waals surface area (Å²) in [4.78, 5) is 11.9. The van der Waals surface area contributed by atoms with Gasteiger partial charge in [-0.2, -0.15) is 0 Å². The second-order valence-electron chi connectivity index (χ2n) is 4.76. The van der Waals surface area contributed by atoms with E-state index in [-0.39, 0.29) is 11.7 Å². The Balaban J connectivity index is 2.60. The van der Waals surface area contributed by atoms with Crippen LogP contribution in [0.3, 0.4) is 0 Å². The van der Waals surface area contributed by atoms with Crippen molar-refractivity contribution in [2.45, 2.75) is 24.3 Å². The van der Waals surface area contributed by atoms with Gasteiger partial charge in [-0.05, 0) is 31.5 Å². The normalized spacial score (nSPS) is 13.5. The summed E-state index contributed by atoms with van der Waals surface area (Å²) >= 11 is 0. The molecule has 0 aliphatic heterocycles. The lowest BCUT2D eigenvalue weighted by Crippen LogP contribution is -2.36. The molecule has 5 nitrogen and oxygen atoms in total. The van der Waals surface area contributed by atoms with E-state index in [1.165, 1.54) is 25.3 Å². The van der Waals surface area contributed by atoms with Gasteiger partial charge in [0.05, 0.1) is 12.9 Å². The molecular weight excluding hydrogens is 309 g/mol. The Kier molecular flexibility index (Phi) is 8.05. The molecule has 124 valence electrons. The highest BCUT2D eigenvalue weighted by Crippen LogP contribution is 2.21. The van der Waals surface area contributed by atoms with E-state index in [2.05, 4.69) is 5.32 Å². The smallest absolute Gasteiger partial charge is 0.235 e. The van der Waals surface area contributed by atoms with E-state index in [0.717, 1.165) is 0 Å². The van der Waals surface area contributed by atoms with Crippen LogP contribution in [0.2, 0.25) is 0 Å². The van der Waals surface area contributed by atoms with E-state index in [4.69, 9.17) is 9.47 Å². The number of hydrogen-bond acceptors (Lipinski definition) is 4. The molecule has 0 saturated carbocycles. The van der Waals surface area contributed by atoms with Gasteiger partial charge in [-0.15, -0.1) is 0 Å². The Hall–Kier alpha value is -1.47. The highest BCUT2D eigenvalue weighted by molar-refractivity contribution is 7.85. The minimum absolute atomic E-state index is 0.0631. The number of carbonyl (C=O) groups is 1. The first kappa shape index (κ1) is 18.6. The summed E-state index contributed by atoms with van der Waals surface area (Å²) in [6, 6.07) is 4.04. The van der Waals surface area contributed by atoms with E-state index in [1.54, 1.807) is 14.0 Å². The fourth-order valence-corrected chi connectivity index (χ4v) is 2.93. The summed E-state index contributed by atoms with van der Waals surface area (Å²) in [5.41, 5.74) is 0.486. The van der Waals surface area contributed by atoms with Gasteiger partial charge in [-0.3, -0.25) is 9.00 Å². The Labute approximate surface area is 132 Å². The Morgan fingerprint density at radius 2 is 2.14 bits per heavy atom. The zero-order valence-electron chi connectivity index (χ0n) is 13.1. The van der Waals surface area contributed by atoms with Gasteiger partial charge in [0.15, 0.2) is 0 Å². The SMILES string of the molecule is COCCCNC(=O)[C@@H](C)[S@](=O)Cc1cc(F)ccc1OC. The number of hydrogen-bond donors (Lipinski definition) is 1. The molecule has 0 bridgehead atoms. The summed E-state index contributed by atoms with van der Waals surface area (Å²) in [7, 11) is 1.59.